The van der Waals surface area contributed by atoms with Crippen molar-refractivity contribution >= 4 is 0 Å². The summed E-state index contributed by atoms with van der Waals surface area (Å²) >= 11 is 0. The van der Waals surface area contributed by atoms with Gasteiger partial charge in [0.05, 0.1) is 0 Å². The Morgan fingerprint density at radius 3 is 2.16 bits per heavy atom. The van der Waals surface area contributed by atoms with Crippen LogP contribution < -0.4 is 0 Å². The zero-order chi connectivity index (χ0) is 16.0. The van der Waals surface area contributed by atoms with Gasteiger partial charge in [-0.2, -0.15) is 0 Å². The van der Waals surface area contributed by atoms with Gasteiger partial charge in [-0.1, -0.05) is 72.3 Å². The Bertz CT molecular complexity index is 406. The largest absolute Gasteiger partial charge is 0.106 e. The van der Waals surface area contributed by atoms with Gasteiger partial charge < -0.3 is 0 Å². The monoisotopic (exact) mass is 348 g/mol. The van der Waals surface area contributed by atoms with Crippen molar-refractivity contribution < 1.29 is 0 Å². The molecule has 3 aliphatic carbocycles. The van der Waals surface area contributed by atoms with E-state index in [0.717, 1.165) is 11.8 Å². The van der Waals surface area contributed by atoms with E-state index in [1.807, 2.05) is 0 Å². The first-order chi connectivity index (χ1) is 10.7. The molecule has 25 heavy (non-hydrogen) atoms. The number of allylic oxidation sites excluding steroid dienone is 4. The standard InChI is InChI=1S/C20H32.C2H4.3CH4/c1-3-18-13-14-19-17(10-7-15-20(18,19)2)12-11-16-8-5-4-6-9-16;1-2;;;/h11-12,18-19H,3-10,13-15H2,1-2H3;1-2H2;3*1H4/b17-12+;;;;. The van der Waals surface area contributed by atoms with Gasteiger partial charge in [0, 0.05) is 0 Å². The summed E-state index contributed by atoms with van der Waals surface area (Å²) in [5.74, 6) is 1.89. The van der Waals surface area contributed by atoms with Crippen LogP contribution in [0.15, 0.2) is 36.5 Å². The Hall–Kier alpha value is -0.780. The van der Waals surface area contributed by atoms with Crippen molar-refractivity contribution in [2.75, 3.05) is 0 Å². The molecule has 3 saturated carbocycles. The molecule has 3 atom stereocenters. The molecule has 0 radical (unpaired) electrons. The van der Waals surface area contributed by atoms with Crippen molar-refractivity contribution in [2.24, 2.45) is 17.3 Å². The summed E-state index contributed by atoms with van der Waals surface area (Å²) in [7, 11) is 0. The maximum Gasteiger partial charge on any atom is -0.0143 e. The molecule has 3 unspecified atom stereocenters. The van der Waals surface area contributed by atoms with E-state index >= 15 is 0 Å². The number of fused-ring (bicyclic) bond motifs is 1. The van der Waals surface area contributed by atoms with Crippen molar-refractivity contribution in [2.45, 2.75) is 107 Å². The molecule has 0 spiro atoms. The van der Waals surface area contributed by atoms with Crippen LogP contribution in [0.25, 0.3) is 0 Å². The SMILES string of the molecule is C.C.C.C=C.CCC1CCC2/C(=C/C=C3CCCCC3)CCCC12C. The average Bonchev–Trinajstić information content (AvgIpc) is 2.92. The van der Waals surface area contributed by atoms with Gasteiger partial charge in [0.2, 0.25) is 0 Å². The van der Waals surface area contributed by atoms with Gasteiger partial charge in [0.25, 0.3) is 0 Å². The summed E-state index contributed by atoms with van der Waals surface area (Å²) < 4.78 is 0. The Morgan fingerprint density at radius 2 is 1.56 bits per heavy atom. The van der Waals surface area contributed by atoms with Crippen LogP contribution in [-0.2, 0) is 0 Å². The van der Waals surface area contributed by atoms with E-state index in [0.29, 0.717) is 5.41 Å². The lowest BCUT2D eigenvalue weighted by Gasteiger charge is -2.42. The van der Waals surface area contributed by atoms with Gasteiger partial charge in [0.15, 0.2) is 0 Å². The quantitative estimate of drug-likeness (QED) is 0.436. The Kier molecular flexibility index (Phi) is 13.3. The first-order valence-corrected chi connectivity index (χ1v) is 9.62. The van der Waals surface area contributed by atoms with Crippen LogP contribution in [0.3, 0.4) is 0 Å². The number of hydrogen-bond acceptors (Lipinski definition) is 0. The summed E-state index contributed by atoms with van der Waals surface area (Å²) in [5, 5.41) is 0. The van der Waals surface area contributed by atoms with Gasteiger partial charge in [0.1, 0.15) is 0 Å². The molecular weight excluding hydrogens is 300 g/mol. The van der Waals surface area contributed by atoms with E-state index in [-0.39, 0.29) is 22.3 Å². The van der Waals surface area contributed by atoms with E-state index in [2.05, 4.69) is 39.2 Å². The normalized spacial score (nSPS) is 32.1. The second-order valence-corrected chi connectivity index (χ2v) is 7.72. The van der Waals surface area contributed by atoms with E-state index < -0.39 is 0 Å². The molecule has 0 N–H and O–H groups in total. The van der Waals surface area contributed by atoms with Crippen LogP contribution in [0.4, 0.5) is 0 Å². The van der Waals surface area contributed by atoms with Crippen LogP contribution in [0.1, 0.15) is 107 Å². The van der Waals surface area contributed by atoms with Crippen molar-refractivity contribution in [3.05, 3.63) is 36.5 Å². The van der Waals surface area contributed by atoms with Crippen molar-refractivity contribution in [1.82, 2.24) is 0 Å². The summed E-state index contributed by atoms with van der Waals surface area (Å²) in [5.41, 5.74) is 4.15. The summed E-state index contributed by atoms with van der Waals surface area (Å²) in [6.45, 7) is 11.0. The maximum atomic E-state index is 3.00. The van der Waals surface area contributed by atoms with Gasteiger partial charge in [-0.15, -0.1) is 13.2 Å². The van der Waals surface area contributed by atoms with Crippen LogP contribution in [0.2, 0.25) is 0 Å². The molecule has 0 amide bonds. The van der Waals surface area contributed by atoms with Crippen molar-refractivity contribution in [1.29, 1.82) is 0 Å². The van der Waals surface area contributed by atoms with Crippen LogP contribution >= 0.6 is 0 Å². The molecule has 148 valence electrons. The lowest BCUT2D eigenvalue weighted by atomic mass is 9.63. The average molecular weight is 349 g/mol. The lowest BCUT2D eigenvalue weighted by molar-refractivity contribution is 0.133. The van der Waals surface area contributed by atoms with Gasteiger partial charge in [-0.3, -0.25) is 0 Å². The molecule has 0 saturated heterocycles. The molecule has 0 heterocycles. The highest BCUT2D eigenvalue weighted by molar-refractivity contribution is 5.25. The van der Waals surface area contributed by atoms with Crippen molar-refractivity contribution in [3.8, 4) is 0 Å². The minimum Gasteiger partial charge on any atom is -0.106 e. The molecule has 3 rings (SSSR count). The second kappa shape index (κ2) is 12.6. The zero-order valence-corrected chi connectivity index (χ0v) is 15.0. The van der Waals surface area contributed by atoms with E-state index in [4.69, 9.17) is 0 Å². The Labute approximate surface area is 160 Å². The molecule has 0 bridgehead atoms. The summed E-state index contributed by atoms with van der Waals surface area (Å²) in [6, 6.07) is 0. The van der Waals surface area contributed by atoms with E-state index in [9.17, 15) is 0 Å². The molecule has 0 aliphatic heterocycles. The third kappa shape index (κ3) is 5.87. The minimum atomic E-state index is 0. The molecule has 0 heteroatoms. The highest BCUT2D eigenvalue weighted by Crippen LogP contribution is 2.58. The predicted octanol–water partition coefficient (Wildman–Crippen LogP) is 9.14. The molecule has 0 aromatic rings. The van der Waals surface area contributed by atoms with Gasteiger partial charge in [-0.05, 0) is 75.0 Å². The Balaban J connectivity index is 0. The van der Waals surface area contributed by atoms with Crippen molar-refractivity contribution in [3.63, 3.8) is 0 Å². The first kappa shape index (κ1) is 26.4. The van der Waals surface area contributed by atoms with E-state index in [1.54, 1.807) is 11.1 Å². The van der Waals surface area contributed by atoms with E-state index in [1.165, 1.54) is 70.6 Å². The highest BCUT2D eigenvalue weighted by Gasteiger charge is 2.48. The predicted molar refractivity (Wildman–Crippen MR) is 119 cm³/mol. The minimum absolute atomic E-state index is 0. The third-order valence-electron chi connectivity index (χ3n) is 6.68. The fourth-order valence-electron chi connectivity index (χ4n) is 5.41. The molecule has 3 aliphatic rings. The van der Waals surface area contributed by atoms with Gasteiger partial charge in [-0.25, -0.2) is 0 Å². The van der Waals surface area contributed by atoms with Crippen LogP contribution in [0, 0.1) is 17.3 Å². The third-order valence-corrected chi connectivity index (χ3v) is 6.68. The number of hydrogen-bond donors (Lipinski definition) is 0. The maximum absolute atomic E-state index is 3.00. The van der Waals surface area contributed by atoms with Crippen LogP contribution in [-0.4, -0.2) is 0 Å². The lowest BCUT2D eigenvalue weighted by Crippen LogP contribution is -2.32. The van der Waals surface area contributed by atoms with Crippen LogP contribution in [0.5, 0.6) is 0 Å². The molecule has 0 nitrogen and oxygen atoms in total. The smallest absolute Gasteiger partial charge is 0.0143 e. The Morgan fingerprint density at radius 1 is 0.920 bits per heavy atom. The molecule has 3 fully saturated rings. The fraction of sp³-hybridized carbons (Fsp3) is 0.760. The summed E-state index contributed by atoms with van der Waals surface area (Å²) in [6.07, 6.45) is 20.7. The first-order valence-electron chi connectivity index (χ1n) is 9.62. The van der Waals surface area contributed by atoms with Gasteiger partial charge >= 0.3 is 0 Å². The molecule has 0 aromatic carbocycles. The second-order valence-electron chi connectivity index (χ2n) is 7.72. The number of rotatable bonds is 2. The molecular formula is C25H48. The fourth-order valence-corrected chi connectivity index (χ4v) is 5.41. The summed E-state index contributed by atoms with van der Waals surface area (Å²) in [4.78, 5) is 0. The molecule has 0 aromatic heterocycles. The topological polar surface area (TPSA) is 0 Å². The highest BCUT2D eigenvalue weighted by atomic mass is 14.5. The zero-order valence-electron chi connectivity index (χ0n) is 15.0.